The molecule has 0 unspecified atom stereocenters. The molecule has 1 amide bonds. The summed E-state index contributed by atoms with van der Waals surface area (Å²) in [4.78, 5) is 31.1. The molecule has 3 aromatic rings. The van der Waals surface area contributed by atoms with E-state index in [0.717, 1.165) is 10.4 Å². The average Bonchev–Trinajstić information content (AvgIpc) is 2.87. The molecule has 124 valence electrons. The Balaban J connectivity index is 1.89. The summed E-state index contributed by atoms with van der Waals surface area (Å²) in [5.74, 6) is 0.246. The van der Waals surface area contributed by atoms with Gasteiger partial charge in [0.25, 0.3) is 5.56 Å². The quantitative estimate of drug-likeness (QED) is 0.774. The van der Waals surface area contributed by atoms with Gasteiger partial charge < -0.3 is 5.32 Å². The Labute approximate surface area is 147 Å². The van der Waals surface area contributed by atoms with E-state index < -0.39 is 0 Å². The number of aryl methyl sites for hydroxylation is 3. The van der Waals surface area contributed by atoms with Crippen LogP contribution in [0.2, 0.25) is 5.02 Å². The van der Waals surface area contributed by atoms with Crippen molar-refractivity contribution in [2.24, 2.45) is 0 Å². The summed E-state index contributed by atoms with van der Waals surface area (Å²) in [6.45, 7) is 5.45. The van der Waals surface area contributed by atoms with Gasteiger partial charge in [-0.3, -0.25) is 14.2 Å². The molecule has 0 fully saturated rings. The predicted octanol–water partition coefficient (Wildman–Crippen LogP) is 3.68. The van der Waals surface area contributed by atoms with Gasteiger partial charge in [-0.25, -0.2) is 4.98 Å². The highest BCUT2D eigenvalue weighted by Gasteiger charge is 2.14. The van der Waals surface area contributed by atoms with Gasteiger partial charge in [-0.05, 0) is 50.6 Å². The van der Waals surface area contributed by atoms with E-state index in [4.69, 9.17) is 11.6 Å². The van der Waals surface area contributed by atoms with E-state index >= 15 is 0 Å². The minimum absolute atomic E-state index is 0.0788. The Kier molecular flexibility index (Phi) is 4.43. The smallest absolute Gasteiger partial charge is 0.262 e. The second-order valence-electron chi connectivity index (χ2n) is 5.63. The maximum absolute atomic E-state index is 12.6. The Morgan fingerprint density at radius 2 is 2.04 bits per heavy atom. The second-order valence-corrected chi connectivity index (χ2v) is 7.30. The van der Waals surface area contributed by atoms with Crippen LogP contribution >= 0.6 is 22.9 Å². The lowest BCUT2D eigenvalue weighted by Crippen LogP contribution is -2.30. The van der Waals surface area contributed by atoms with Crippen molar-refractivity contribution < 1.29 is 4.79 Å². The van der Waals surface area contributed by atoms with Crippen LogP contribution in [0.4, 0.5) is 5.69 Å². The molecule has 0 bridgehead atoms. The standard InChI is InChI=1S/C17H16ClN3O2S/c1-9-6-12(18)4-5-14(9)20-15(22)8-21-11(3)19-16-13(17(21)23)7-10(2)24-16/h4-7H,8H2,1-3H3,(H,20,22). The Morgan fingerprint density at radius 3 is 2.75 bits per heavy atom. The molecule has 1 N–H and O–H groups in total. The number of benzene rings is 1. The number of hydrogen-bond donors (Lipinski definition) is 1. The normalized spacial score (nSPS) is 11.0. The maximum Gasteiger partial charge on any atom is 0.262 e. The van der Waals surface area contributed by atoms with E-state index in [9.17, 15) is 9.59 Å². The third-order valence-electron chi connectivity index (χ3n) is 3.73. The van der Waals surface area contributed by atoms with Gasteiger partial charge >= 0.3 is 0 Å². The largest absolute Gasteiger partial charge is 0.324 e. The highest BCUT2D eigenvalue weighted by Crippen LogP contribution is 2.21. The topological polar surface area (TPSA) is 64.0 Å². The Bertz CT molecular complexity index is 1010. The van der Waals surface area contributed by atoms with E-state index in [0.29, 0.717) is 26.8 Å². The molecule has 0 radical (unpaired) electrons. The van der Waals surface area contributed by atoms with Gasteiger partial charge in [0.2, 0.25) is 5.91 Å². The second kappa shape index (κ2) is 6.37. The van der Waals surface area contributed by atoms with Crippen LogP contribution < -0.4 is 10.9 Å². The summed E-state index contributed by atoms with van der Waals surface area (Å²) < 4.78 is 1.40. The molecule has 0 saturated heterocycles. The van der Waals surface area contributed by atoms with Gasteiger partial charge in [0, 0.05) is 15.6 Å². The Morgan fingerprint density at radius 1 is 1.29 bits per heavy atom. The van der Waals surface area contributed by atoms with Crippen molar-refractivity contribution in [2.45, 2.75) is 27.3 Å². The zero-order valence-electron chi connectivity index (χ0n) is 13.5. The number of carbonyl (C=O) groups excluding carboxylic acids is 1. The number of aromatic nitrogens is 2. The molecule has 2 heterocycles. The van der Waals surface area contributed by atoms with Gasteiger partial charge in [-0.2, -0.15) is 0 Å². The summed E-state index contributed by atoms with van der Waals surface area (Å²) in [7, 11) is 0. The first-order chi connectivity index (χ1) is 11.3. The van der Waals surface area contributed by atoms with Crippen LogP contribution in [0.3, 0.4) is 0 Å². The van der Waals surface area contributed by atoms with Crippen molar-refractivity contribution in [3.8, 4) is 0 Å². The summed E-state index contributed by atoms with van der Waals surface area (Å²) in [6.07, 6.45) is 0. The first-order valence-corrected chi connectivity index (χ1v) is 8.58. The van der Waals surface area contributed by atoms with Gasteiger partial charge in [0.1, 0.15) is 17.2 Å². The van der Waals surface area contributed by atoms with Crippen molar-refractivity contribution >= 4 is 44.7 Å². The fraction of sp³-hybridized carbons (Fsp3) is 0.235. The van der Waals surface area contributed by atoms with Gasteiger partial charge in [-0.1, -0.05) is 11.6 Å². The minimum Gasteiger partial charge on any atom is -0.324 e. The molecule has 0 saturated carbocycles. The number of fused-ring (bicyclic) bond motifs is 1. The van der Waals surface area contributed by atoms with Gasteiger partial charge in [0.05, 0.1) is 5.39 Å². The lowest BCUT2D eigenvalue weighted by Gasteiger charge is -2.11. The number of anilines is 1. The van der Waals surface area contributed by atoms with Crippen LogP contribution in [0, 0.1) is 20.8 Å². The third-order valence-corrected chi connectivity index (χ3v) is 4.91. The van der Waals surface area contributed by atoms with Crippen molar-refractivity contribution in [3.05, 3.63) is 55.9 Å². The van der Waals surface area contributed by atoms with Crippen molar-refractivity contribution in [3.63, 3.8) is 0 Å². The number of amides is 1. The predicted molar refractivity (Wildman–Crippen MR) is 98.2 cm³/mol. The fourth-order valence-corrected chi connectivity index (χ4v) is 3.67. The minimum atomic E-state index is -0.279. The van der Waals surface area contributed by atoms with Crippen LogP contribution in [-0.4, -0.2) is 15.5 Å². The van der Waals surface area contributed by atoms with Crippen molar-refractivity contribution in [1.82, 2.24) is 9.55 Å². The summed E-state index contributed by atoms with van der Waals surface area (Å²) >= 11 is 7.39. The molecule has 7 heteroatoms. The molecule has 5 nitrogen and oxygen atoms in total. The molecule has 2 aromatic heterocycles. The van der Waals surface area contributed by atoms with E-state index in [1.54, 1.807) is 25.1 Å². The fourth-order valence-electron chi connectivity index (χ4n) is 2.52. The first kappa shape index (κ1) is 16.7. The van der Waals surface area contributed by atoms with Crippen LogP contribution in [0.1, 0.15) is 16.3 Å². The zero-order chi connectivity index (χ0) is 17.4. The SMILES string of the molecule is Cc1cc2c(=O)n(CC(=O)Nc3ccc(Cl)cc3C)c(C)nc2s1. The van der Waals surface area contributed by atoms with Crippen LogP contribution in [-0.2, 0) is 11.3 Å². The maximum atomic E-state index is 12.6. The average molecular weight is 362 g/mol. The number of nitrogens with one attached hydrogen (secondary N) is 1. The molecular formula is C17H16ClN3O2S. The number of halogens is 1. The van der Waals surface area contributed by atoms with Crippen LogP contribution in [0.5, 0.6) is 0 Å². The lowest BCUT2D eigenvalue weighted by molar-refractivity contribution is -0.116. The number of carbonyl (C=O) groups is 1. The number of nitrogens with zero attached hydrogens (tertiary/aromatic N) is 2. The molecule has 0 aliphatic rings. The zero-order valence-corrected chi connectivity index (χ0v) is 15.1. The summed E-state index contributed by atoms with van der Waals surface area (Å²) in [6, 6.07) is 7.04. The summed E-state index contributed by atoms with van der Waals surface area (Å²) in [5.41, 5.74) is 1.35. The lowest BCUT2D eigenvalue weighted by atomic mass is 10.2. The molecule has 3 rings (SSSR count). The monoisotopic (exact) mass is 361 g/mol. The third kappa shape index (κ3) is 3.20. The molecule has 0 aliphatic heterocycles. The number of rotatable bonds is 3. The first-order valence-electron chi connectivity index (χ1n) is 7.39. The van der Waals surface area contributed by atoms with Crippen molar-refractivity contribution in [2.75, 3.05) is 5.32 Å². The van der Waals surface area contributed by atoms with Gasteiger partial charge in [0.15, 0.2) is 0 Å². The van der Waals surface area contributed by atoms with Gasteiger partial charge in [-0.15, -0.1) is 11.3 Å². The molecule has 0 atom stereocenters. The molecule has 0 aliphatic carbocycles. The highest BCUT2D eigenvalue weighted by molar-refractivity contribution is 7.18. The van der Waals surface area contributed by atoms with Crippen LogP contribution in [0.15, 0.2) is 29.1 Å². The molecule has 0 spiro atoms. The molecule has 1 aromatic carbocycles. The highest BCUT2D eigenvalue weighted by atomic mass is 35.5. The van der Waals surface area contributed by atoms with Crippen LogP contribution in [0.25, 0.3) is 10.2 Å². The number of thiophene rings is 1. The summed E-state index contributed by atoms with van der Waals surface area (Å²) in [5, 5.41) is 3.98. The number of hydrogen-bond acceptors (Lipinski definition) is 4. The van der Waals surface area contributed by atoms with E-state index in [1.807, 2.05) is 19.9 Å². The molecule has 24 heavy (non-hydrogen) atoms. The Hall–Kier alpha value is -2.18. The van der Waals surface area contributed by atoms with Crippen molar-refractivity contribution in [1.29, 1.82) is 0 Å². The van der Waals surface area contributed by atoms with E-state index in [1.165, 1.54) is 15.9 Å². The van der Waals surface area contributed by atoms with E-state index in [-0.39, 0.29) is 18.0 Å². The molecular weight excluding hydrogens is 346 g/mol. The van der Waals surface area contributed by atoms with E-state index in [2.05, 4.69) is 10.3 Å².